The van der Waals surface area contributed by atoms with Crippen LogP contribution in [0.2, 0.25) is 0 Å². The quantitative estimate of drug-likeness (QED) is 0.413. The maximum atomic E-state index is 5.31. The second-order valence-electron chi connectivity index (χ2n) is 4.09. The van der Waals surface area contributed by atoms with Crippen LogP contribution in [0.1, 0.15) is 12.0 Å². The summed E-state index contributed by atoms with van der Waals surface area (Å²) in [6.07, 6.45) is 3.91. The van der Waals surface area contributed by atoms with Crippen LogP contribution in [-0.4, -0.2) is 11.5 Å². The smallest absolute Gasteiger partial charge is 0.141 e. The van der Waals surface area contributed by atoms with E-state index in [0.29, 0.717) is 5.82 Å². The number of rotatable bonds is 6. The van der Waals surface area contributed by atoms with Gasteiger partial charge in [-0.05, 0) is 24.5 Å². The summed E-state index contributed by atoms with van der Waals surface area (Å²) in [6.45, 7) is 0.933. The summed E-state index contributed by atoms with van der Waals surface area (Å²) in [5.41, 5.74) is 4.94. The van der Waals surface area contributed by atoms with E-state index in [1.165, 1.54) is 5.56 Å². The number of nitrogens with one attached hydrogen (secondary N) is 2. The second kappa shape index (κ2) is 6.61. The molecule has 0 unspecified atom stereocenters. The predicted octanol–water partition coefficient (Wildman–Crippen LogP) is 2.41. The van der Waals surface area contributed by atoms with Gasteiger partial charge in [-0.25, -0.2) is 10.8 Å². The monoisotopic (exact) mass is 242 g/mol. The van der Waals surface area contributed by atoms with Crippen molar-refractivity contribution in [1.82, 2.24) is 4.98 Å². The molecule has 0 bridgehead atoms. The highest BCUT2D eigenvalue weighted by atomic mass is 15.2. The molecule has 0 amide bonds. The summed E-state index contributed by atoms with van der Waals surface area (Å²) in [5, 5.41) is 3.35. The van der Waals surface area contributed by atoms with Crippen molar-refractivity contribution in [1.29, 1.82) is 0 Å². The van der Waals surface area contributed by atoms with Gasteiger partial charge >= 0.3 is 0 Å². The molecular weight excluding hydrogens is 224 g/mol. The standard InChI is InChI=1S/C14H18N4/c15-18-14-11-13(8-10-17-14)16-9-4-7-12-5-2-1-3-6-12/h1-3,5-6,8,10-11H,4,7,9,15H2,(H2,16,17,18). The number of anilines is 2. The Kier molecular flexibility index (Phi) is 4.55. The van der Waals surface area contributed by atoms with E-state index in [0.717, 1.165) is 25.1 Å². The minimum atomic E-state index is 0.669. The molecule has 0 atom stereocenters. The fourth-order valence-corrected chi connectivity index (χ4v) is 1.79. The van der Waals surface area contributed by atoms with Crippen LogP contribution < -0.4 is 16.6 Å². The summed E-state index contributed by atoms with van der Waals surface area (Å²) in [6, 6.07) is 14.3. The highest BCUT2D eigenvalue weighted by Crippen LogP contribution is 2.11. The zero-order valence-electron chi connectivity index (χ0n) is 10.3. The molecule has 0 spiro atoms. The minimum Gasteiger partial charge on any atom is -0.385 e. The van der Waals surface area contributed by atoms with Crippen molar-refractivity contribution in [2.45, 2.75) is 12.8 Å². The molecule has 18 heavy (non-hydrogen) atoms. The number of nitrogen functional groups attached to an aromatic ring is 1. The van der Waals surface area contributed by atoms with E-state index in [-0.39, 0.29) is 0 Å². The van der Waals surface area contributed by atoms with E-state index < -0.39 is 0 Å². The summed E-state index contributed by atoms with van der Waals surface area (Å²) in [5.74, 6) is 5.98. The van der Waals surface area contributed by atoms with E-state index >= 15 is 0 Å². The van der Waals surface area contributed by atoms with Gasteiger partial charge in [0.1, 0.15) is 5.82 Å². The number of hydrogen-bond acceptors (Lipinski definition) is 4. The van der Waals surface area contributed by atoms with E-state index in [9.17, 15) is 0 Å². The van der Waals surface area contributed by atoms with Gasteiger partial charge in [0.05, 0.1) is 0 Å². The lowest BCUT2D eigenvalue weighted by Crippen LogP contribution is -2.09. The lowest BCUT2D eigenvalue weighted by Gasteiger charge is -2.07. The van der Waals surface area contributed by atoms with E-state index in [1.54, 1.807) is 6.20 Å². The second-order valence-corrected chi connectivity index (χ2v) is 4.09. The molecule has 2 rings (SSSR count). The molecule has 1 aromatic heterocycles. The Bertz CT molecular complexity index is 470. The third-order valence-corrected chi connectivity index (χ3v) is 2.72. The Morgan fingerprint density at radius 1 is 1.11 bits per heavy atom. The Balaban J connectivity index is 1.75. The third-order valence-electron chi connectivity index (χ3n) is 2.72. The van der Waals surface area contributed by atoms with Crippen molar-refractivity contribution in [3.63, 3.8) is 0 Å². The fourth-order valence-electron chi connectivity index (χ4n) is 1.79. The van der Waals surface area contributed by atoms with E-state index in [2.05, 4.69) is 40.0 Å². The van der Waals surface area contributed by atoms with Gasteiger partial charge in [0.15, 0.2) is 0 Å². The van der Waals surface area contributed by atoms with Gasteiger partial charge in [0.2, 0.25) is 0 Å². The first-order valence-corrected chi connectivity index (χ1v) is 6.09. The maximum Gasteiger partial charge on any atom is 0.141 e. The van der Waals surface area contributed by atoms with Gasteiger partial charge in [-0.1, -0.05) is 30.3 Å². The molecule has 4 nitrogen and oxygen atoms in total. The number of aryl methyl sites for hydroxylation is 1. The zero-order chi connectivity index (χ0) is 12.6. The lowest BCUT2D eigenvalue weighted by molar-refractivity contribution is 0.863. The Morgan fingerprint density at radius 2 is 1.94 bits per heavy atom. The van der Waals surface area contributed by atoms with Gasteiger partial charge in [0, 0.05) is 24.5 Å². The minimum absolute atomic E-state index is 0.669. The van der Waals surface area contributed by atoms with Crippen molar-refractivity contribution >= 4 is 11.5 Å². The molecule has 94 valence electrons. The van der Waals surface area contributed by atoms with Gasteiger partial charge in [-0.15, -0.1) is 0 Å². The maximum absolute atomic E-state index is 5.31. The van der Waals surface area contributed by atoms with Gasteiger partial charge in [0.25, 0.3) is 0 Å². The van der Waals surface area contributed by atoms with Crippen LogP contribution in [0.15, 0.2) is 48.7 Å². The molecule has 0 saturated carbocycles. The molecule has 4 N–H and O–H groups in total. The molecule has 0 radical (unpaired) electrons. The Morgan fingerprint density at radius 3 is 2.72 bits per heavy atom. The summed E-state index contributed by atoms with van der Waals surface area (Å²) in [7, 11) is 0. The van der Waals surface area contributed by atoms with Gasteiger partial charge in [-0.2, -0.15) is 0 Å². The number of hydrogen-bond donors (Lipinski definition) is 3. The largest absolute Gasteiger partial charge is 0.385 e. The molecule has 0 aliphatic heterocycles. The molecule has 0 fully saturated rings. The number of hydrazine groups is 1. The van der Waals surface area contributed by atoms with Crippen LogP contribution in [0, 0.1) is 0 Å². The molecule has 1 heterocycles. The topological polar surface area (TPSA) is 63.0 Å². The zero-order valence-corrected chi connectivity index (χ0v) is 10.3. The normalized spacial score (nSPS) is 10.1. The fraction of sp³-hybridized carbons (Fsp3) is 0.214. The van der Waals surface area contributed by atoms with E-state index in [4.69, 9.17) is 5.84 Å². The Labute approximate surface area is 107 Å². The average Bonchev–Trinajstić information content (AvgIpc) is 2.45. The summed E-state index contributed by atoms with van der Waals surface area (Å²) >= 11 is 0. The van der Waals surface area contributed by atoms with Crippen LogP contribution in [-0.2, 0) is 6.42 Å². The molecule has 1 aromatic carbocycles. The van der Waals surface area contributed by atoms with Gasteiger partial charge in [-0.3, -0.25) is 0 Å². The van der Waals surface area contributed by atoms with Crippen molar-refractivity contribution in [3.8, 4) is 0 Å². The lowest BCUT2D eigenvalue weighted by atomic mass is 10.1. The number of pyridine rings is 1. The molecule has 0 saturated heterocycles. The highest BCUT2D eigenvalue weighted by Gasteiger charge is 1.95. The van der Waals surface area contributed by atoms with Crippen molar-refractivity contribution in [2.75, 3.05) is 17.3 Å². The molecular formula is C14H18N4. The molecule has 2 aromatic rings. The van der Waals surface area contributed by atoms with Crippen molar-refractivity contribution < 1.29 is 0 Å². The number of benzene rings is 1. The molecule has 0 aliphatic rings. The highest BCUT2D eigenvalue weighted by molar-refractivity contribution is 5.51. The average molecular weight is 242 g/mol. The van der Waals surface area contributed by atoms with Crippen LogP contribution in [0.25, 0.3) is 0 Å². The first kappa shape index (κ1) is 12.4. The number of nitrogens with zero attached hydrogens (tertiary/aromatic N) is 1. The van der Waals surface area contributed by atoms with E-state index in [1.807, 2.05) is 18.2 Å². The van der Waals surface area contributed by atoms with Crippen molar-refractivity contribution in [2.24, 2.45) is 5.84 Å². The SMILES string of the molecule is NNc1cc(NCCCc2ccccc2)ccn1. The van der Waals surface area contributed by atoms with Crippen molar-refractivity contribution in [3.05, 3.63) is 54.2 Å². The predicted molar refractivity (Wildman–Crippen MR) is 75.3 cm³/mol. The number of aromatic nitrogens is 1. The molecule has 4 heteroatoms. The Hall–Kier alpha value is -2.07. The first-order chi connectivity index (χ1) is 8.88. The summed E-state index contributed by atoms with van der Waals surface area (Å²) < 4.78 is 0. The van der Waals surface area contributed by atoms with Crippen LogP contribution in [0.4, 0.5) is 11.5 Å². The summed E-state index contributed by atoms with van der Waals surface area (Å²) in [4.78, 5) is 4.06. The van der Waals surface area contributed by atoms with Crippen LogP contribution in [0.5, 0.6) is 0 Å². The van der Waals surface area contributed by atoms with Crippen LogP contribution in [0.3, 0.4) is 0 Å². The first-order valence-electron chi connectivity index (χ1n) is 6.09. The molecule has 0 aliphatic carbocycles. The van der Waals surface area contributed by atoms with Crippen LogP contribution >= 0.6 is 0 Å². The third kappa shape index (κ3) is 3.75. The van der Waals surface area contributed by atoms with Gasteiger partial charge < -0.3 is 10.7 Å². The number of nitrogens with two attached hydrogens (primary N) is 1.